The van der Waals surface area contributed by atoms with Crippen molar-refractivity contribution in [3.8, 4) is 6.07 Å². The Kier molecular flexibility index (Phi) is 6.40. The number of carbonyl (C=O) groups is 3. The highest BCUT2D eigenvalue weighted by Crippen LogP contribution is 2.45. The van der Waals surface area contributed by atoms with Crippen LogP contribution in [0.4, 0.5) is 23.2 Å². The van der Waals surface area contributed by atoms with Crippen molar-refractivity contribution in [1.29, 1.82) is 5.26 Å². The molecule has 0 radical (unpaired) electrons. The third-order valence-corrected chi connectivity index (χ3v) is 8.72. The topological polar surface area (TPSA) is 84.7 Å². The summed E-state index contributed by atoms with van der Waals surface area (Å²) in [7, 11) is 0.542. The van der Waals surface area contributed by atoms with Gasteiger partial charge in [-0.15, -0.1) is 0 Å². The third kappa shape index (κ3) is 4.17. The van der Waals surface area contributed by atoms with Crippen molar-refractivity contribution in [2.75, 3.05) is 24.5 Å². The Balaban J connectivity index is 1.80. The highest BCUT2D eigenvalue weighted by atomic mass is 28.1. The van der Waals surface area contributed by atoms with E-state index < -0.39 is 47.0 Å². The lowest BCUT2D eigenvalue weighted by atomic mass is 9.77. The van der Waals surface area contributed by atoms with Gasteiger partial charge in [-0.1, -0.05) is 12.1 Å². The number of benzene rings is 2. The number of hydrogen-bond acceptors (Lipinski definition) is 4. The summed E-state index contributed by atoms with van der Waals surface area (Å²) in [6, 6.07) is 10.3. The Labute approximate surface area is 213 Å². The predicted octanol–water partition coefficient (Wildman–Crippen LogP) is 2.19. The molecule has 1 atom stereocenters. The molecule has 2 aromatic carbocycles. The summed E-state index contributed by atoms with van der Waals surface area (Å²) < 4.78 is 54.4. The van der Waals surface area contributed by atoms with E-state index in [0.717, 1.165) is 23.1 Å². The van der Waals surface area contributed by atoms with Gasteiger partial charge in [-0.3, -0.25) is 19.3 Å². The summed E-state index contributed by atoms with van der Waals surface area (Å²) >= 11 is 0. The zero-order valence-corrected chi connectivity index (χ0v) is 22.4. The molecular formula is C25H24F4N4O3Si. The zero-order chi connectivity index (χ0) is 27.3. The van der Waals surface area contributed by atoms with Crippen LogP contribution in [0.1, 0.15) is 30.5 Å². The Hall–Kier alpha value is -3.72. The van der Waals surface area contributed by atoms with Crippen LogP contribution in [-0.4, -0.2) is 62.9 Å². The minimum Gasteiger partial charge on any atom is -0.337 e. The molecule has 0 aromatic heterocycles. The fourth-order valence-corrected chi connectivity index (χ4v) is 5.92. The van der Waals surface area contributed by atoms with Gasteiger partial charge >= 0.3 is 6.18 Å². The van der Waals surface area contributed by atoms with Gasteiger partial charge in [0, 0.05) is 17.2 Å². The van der Waals surface area contributed by atoms with E-state index in [1.54, 1.807) is 6.92 Å². The lowest BCUT2D eigenvalue weighted by molar-refractivity contribution is -0.178. The molecule has 194 valence electrons. The van der Waals surface area contributed by atoms with E-state index in [-0.39, 0.29) is 30.2 Å². The number of nitriles is 1. The second-order valence-electron chi connectivity index (χ2n) is 9.51. The Morgan fingerprint density at radius 2 is 1.70 bits per heavy atom. The molecule has 0 aliphatic carbocycles. The Morgan fingerprint density at radius 1 is 1.11 bits per heavy atom. The van der Waals surface area contributed by atoms with Gasteiger partial charge < -0.3 is 9.80 Å². The van der Waals surface area contributed by atoms with Crippen molar-refractivity contribution in [2.45, 2.75) is 37.1 Å². The van der Waals surface area contributed by atoms with E-state index in [1.165, 1.54) is 41.0 Å². The molecule has 7 nitrogen and oxygen atoms in total. The number of halogens is 4. The van der Waals surface area contributed by atoms with Crippen molar-refractivity contribution in [2.24, 2.45) is 0 Å². The van der Waals surface area contributed by atoms with E-state index in [1.807, 2.05) is 6.07 Å². The first kappa shape index (κ1) is 26.3. The molecule has 1 spiro atoms. The first-order valence-corrected chi connectivity index (χ1v) is 13.0. The van der Waals surface area contributed by atoms with E-state index in [4.69, 9.17) is 5.26 Å². The van der Waals surface area contributed by atoms with Gasteiger partial charge in [0.2, 0.25) is 11.8 Å². The maximum atomic E-state index is 14.9. The molecule has 2 fully saturated rings. The number of piperazine rings is 1. The van der Waals surface area contributed by atoms with Crippen LogP contribution in [0.25, 0.3) is 0 Å². The normalized spacial score (nSPS) is 19.0. The number of rotatable bonds is 4. The second-order valence-corrected chi connectivity index (χ2v) is 10.2. The summed E-state index contributed by atoms with van der Waals surface area (Å²) in [5, 5.41) is 9.04. The number of nitrogens with zero attached hydrogens (tertiary/aromatic N) is 4. The van der Waals surface area contributed by atoms with Crippen LogP contribution in [0.5, 0.6) is 0 Å². The third-order valence-electron chi connectivity index (χ3n) is 7.35. The van der Waals surface area contributed by atoms with Crippen LogP contribution in [0, 0.1) is 17.1 Å². The molecule has 0 N–H and O–H groups in total. The minimum atomic E-state index is -4.53. The number of anilines is 1. The predicted molar refractivity (Wildman–Crippen MR) is 129 cm³/mol. The molecule has 1 unspecified atom stereocenters. The van der Waals surface area contributed by atoms with Gasteiger partial charge in [-0.05, 0) is 48.9 Å². The van der Waals surface area contributed by atoms with Crippen LogP contribution < -0.4 is 4.90 Å². The van der Waals surface area contributed by atoms with Crippen molar-refractivity contribution < 1.29 is 31.9 Å². The molecule has 0 bridgehead atoms. The monoisotopic (exact) mass is 532 g/mol. The standard InChI is InChI=1S/C25H24F4N4O3Si/c1-15(34)31-12-24(13-31)22(36)32(20-8-3-16(10-30)9-19(20)26)11-21(35)33(24)23(2,14-37)17-4-6-18(7-5-17)25(27,28)29/h3-9H,11-14H2,1-2,37H3. The lowest BCUT2D eigenvalue weighted by Crippen LogP contribution is -2.83. The van der Waals surface area contributed by atoms with Crippen LogP contribution in [0.2, 0.25) is 6.04 Å². The molecule has 37 heavy (non-hydrogen) atoms. The van der Waals surface area contributed by atoms with E-state index in [9.17, 15) is 31.9 Å². The second kappa shape index (κ2) is 8.99. The van der Waals surface area contributed by atoms with Crippen LogP contribution >= 0.6 is 0 Å². The van der Waals surface area contributed by atoms with E-state index in [0.29, 0.717) is 21.9 Å². The van der Waals surface area contributed by atoms with Gasteiger partial charge in [0.15, 0.2) is 5.54 Å². The fraction of sp³-hybridized carbons (Fsp3) is 0.360. The first-order valence-electron chi connectivity index (χ1n) is 11.6. The average Bonchev–Trinajstić information content (AvgIpc) is 2.82. The highest BCUT2D eigenvalue weighted by Gasteiger charge is 2.64. The zero-order valence-electron chi connectivity index (χ0n) is 20.4. The summed E-state index contributed by atoms with van der Waals surface area (Å²) in [6.45, 7) is 2.27. The van der Waals surface area contributed by atoms with E-state index >= 15 is 0 Å². The molecule has 4 rings (SSSR count). The van der Waals surface area contributed by atoms with Crippen LogP contribution in [-0.2, 0) is 26.1 Å². The average molecular weight is 533 g/mol. The smallest absolute Gasteiger partial charge is 0.337 e. The summed E-state index contributed by atoms with van der Waals surface area (Å²) in [6.07, 6.45) is -4.53. The van der Waals surface area contributed by atoms with Gasteiger partial charge in [0.05, 0.1) is 41.5 Å². The summed E-state index contributed by atoms with van der Waals surface area (Å²) in [5.41, 5.74) is -3.19. The highest BCUT2D eigenvalue weighted by molar-refractivity contribution is 6.13. The fourth-order valence-electron chi connectivity index (χ4n) is 5.19. The van der Waals surface area contributed by atoms with Gasteiger partial charge in [0.25, 0.3) is 5.91 Å². The summed E-state index contributed by atoms with van der Waals surface area (Å²) in [4.78, 5) is 43.6. The quantitative estimate of drug-likeness (QED) is 0.447. The molecule has 2 heterocycles. The number of carbonyl (C=O) groups excluding carboxylic acids is 3. The first-order chi connectivity index (χ1) is 17.3. The van der Waals surface area contributed by atoms with Crippen molar-refractivity contribution in [3.05, 3.63) is 65.0 Å². The maximum absolute atomic E-state index is 14.9. The largest absolute Gasteiger partial charge is 0.416 e. The maximum Gasteiger partial charge on any atom is 0.416 e. The molecular weight excluding hydrogens is 508 g/mol. The van der Waals surface area contributed by atoms with Gasteiger partial charge in [-0.2, -0.15) is 18.4 Å². The Morgan fingerprint density at radius 3 is 2.19 bits per heavy atom. The molecule has 2 saturated heterocycles. The number of likely N-dealkylation sites (tertiary alicyclic amines) is 1. The SMILES string of the molecule is CC(=O)N1CC2(C1)C(=O)N(c1ccc(C#N)cc1F)CC(=O)N2C(C)(C[SiH3])c1ccc(C(F)(F)F)cc1. The lowest BCUT2D eigenvalue weighted by Gasteiger charge is -2.62. The van der Waals surface area contributed by atoms with Crippen molar-refractivity contribution >= 4 is 33.7 Å². The summed E-state index contributed by atoms with van der Waals surface area (Å²) in [5.74, 6) is -2.28. The van der Waals surface area contributed by atoms with Gasteiger partial charge in [-0.25, -0.2) is 4.39 Å². The number of hydrogen-bond donors (Lipinski definition) is 0. The molecule has 2 aliphatic heterocycles. The van der Waals surface area contributed by atoms with E-state index in [2.05, 4.69) is 0 Å². The van der Waals surface area contributed by atoms with Crippen molar-refractivity contribution in [3.63, 3.8) is 0 Å². The number of alkyl halides is 3. The Bertz CT molecular complexity index is 1320. The molecule has 2 aromatic rings. The molecule has 12 heteroatoms. The van der Waals surface area contributed by atoms with Crippen molar-refractivity contribution in [1.82, 2.24) is 9.80 Å². The van der Waals surface area contributed by atoms with Crippen LogP contribution in [0.15, 0.2) is 42.5 Å². The van der Waals surface area contributed by atoms with Crippen LogP contribution in [0.3, 0.4) is 0 Å². The molecule has 0 saturated carbocycles. The number of amides is 3. The molecule has 3 amide bonds. The minimum absolute atomic E-state index is 0.0468. The van der Waals surface area contributed by atoms with Gasteiger partial charge in [0.1, 0.15) is 12.4 Å². The molecule has 2 aliphatic rings.